The van der Waals surface area contributed by atoms with Gasteiger partial charge in [-0.3, -0.25) is 0 Å². The Hall–Kier alpha value is -0.0400. The van der Waals surface area contributed by atoms with Gasteiger partial charge in [0, 0.05) is 0 Å². The first kappa shape index (κ1) is 5.58. The molecular weight excluding hydrogens is 136 g/mol. The van der Waals surface area contributed by atoms with Crippen molar-refractivity contribution in [1.82, 2.24) is 0 Å². The quantitative estimate of drug-likeness (QED) is 0.480. The monoisotopic (exact) mass is 150 g/mol. The Bertz CT molecular complexity index is 189. The first-order chi connectivity index (χ1) is 5.45. The van der Waals surface area contributed by atoms with E-state index in [0.29, 0.717) is 0 Å². The van der Waals surface area contributed by atoms with Gasteiger partial charge in [-0.2, -0.15) is 0 Å². The SMILES string of the molecule is C1CC2C(C1)C1CC2C2OC12. The van der Waals surface area contributed by atoms with Crippen LogP contribution in [-0.4, -0.2) is 12.2 Å². The summed E-state index contributed by atoms with van der Waals surface area (Å²) in [5.41, 5.74) is 0. The van der Waals surface area contributed by atoms with Crippen molar-refractivity contribution < 1.29 is 4.74 Å². The van der Waals surface area contributed by atoms with Crippen molar-refractivity contribution in [2.45, 2.75) is 37.9 Å². The van der Waals surface area contributed by atoms with E-state index in [0.717, 1.165) is 35.9 Å². The van der Waals surface area contributed by atoms with Crippen LogP contribution in [-0.2, 0) is 4.74 Å². The molecule has 4 rings (SSSR count). The van der Waals surface area contributed by atoms with Crippen LogP contribution in [0.15, 0.2) is 0 Å². The van der Waals surface area contributed by atoms with E-state index in [2.05, 4.69) is 0 Å². The summed E-state index contributed by atoms with van der Waals surface area (Å²) in [6.07, 6.45) is 7.60. The molecule has 0 aromatic carbocycles. The second-order valence-electron chi connectivity index (χ2n) is 4.89. The maximum Gasteiger partial charge on any atom is 0.0875 e. The fourth-order valence-electron chi connectivity index (χ4n) is 4.33. The molecule has 0 aromatic rings. The smallest absolute Gasteiger partial charge is 0.0875 e. The van der Waals surface area contributed by atoms with Crippen LogP contribution in [0.1, 0.15) is 25.7 Å². The van der Waals surface area contributed by atoms with Crippen molar-refractivity contribution in [1.29, 1.82) is 0 Å². The molecule has 3 saturated carbocycles. The number of ether oxygens (including phenoxy) is 1. The lowest BCUT2D eigenvalue weighted by molar-refractivity contribution is 0.244. The average molecular weight is 150 g/mol. The highest BCUT2D eigenvalue weighted by Crippen LogP contribution is 2.65. The number of fused-ring (bicyclic) bond motifs is 8. The second kappa shape index (κ2) is 1.52. The molecule has 4 aliphatic rings. The molecule has 60 valence electrons. The standard InChI is InChI=1S/C10H14O/c1-2-5-6(3-1)8-4-7(5)9-10(8)11-9/h5-10H,1-4H2. The van der Waals surface area contributed by atoms with Gasteiger partial charge in [0.05, 0.1) is 12.2 Å². The molecule has 1 heterocycles. The van der Waals surface area contributed by atoms with E-state index in [1.165, 1.54) is 25.7 Å². The Morgan fingerprint density at radius 1 is 0.818 bits per heavy atom. The summed E-state index contributed by atoms with van der Waals surface area (Å²) in [5, 5.41) is 0. The van der Waals surface area contributed by atoms with Gasteiger partial charge in [0.15, 0.2) is 0 Å². The molecule has 1 nitrogen and oxygen atoms in total. The molecule has 0 amide bonds. The predicted octanol–water partition coefficient (Wildman–Crippen LogP) is 1.82. The predicted molar refractivity (Wildman–Crippen MR) is 41.1 cm³/mol. The average Bonchev–Trinajstić information content (AvgIpc) is 2.46. The second-order valence-corrected chi connectivity index (χ2v) is 4.89. The summed E-state index contributed by atoms with van der Waals surface area (Å²) in [4.78, 5) is 0. The Balaban J connectivity index is 1.79. The van der Waals surface area contributed by atoms with E-state index in [-0.39, 0.29) is 0 Å². The first-order valence-corrected chi connectivity index (χ1v) is 5.10. The molecule has 6 unspecified atom stereocenters. The van der Waals surface area contributed by atoms with Crippen LogP contribution >= 0.6 is 0 Å². The summed E-state index contributed by atoms with van der Waals surface area (Å²) in [6, 6.07) is 0. The van der Waals surface area contributed by atoms with Gasteiger partial charge in [-0.25, -0.2) is 0 Å². The maximum absolute atomic E-state index is 5.68. The van der Waals surface area contributed by atoms with Crippen LogP contribution in [0, 0.1) is 23.7 Å². The molecule has 4 fully saturated rings. The van der Waals surface area contributed by atoms with Crippen molar-refractivity contribution in [2.24, 2.45) is 23.7 Å². The van der Waals surface area contributed by atoms with Gasteiger partial charge in [0.1, 0.15) is 0 Å². The number of hydrogen-bond donors (Lipinski definition) is 0. The molecule has 11 heavy (non-hydrogen) atoms. The molecule has 0 N–H and O–H groups in total. The number of rotatable bonds is 0. The summed E-state index contributed by atoms with van der Waals surface area (Å²) in [6.45, 7) is 0. The molecular formula is C10H14O. The molecule has 0 spiro atoms. The lowest BCUT2D eigenvalue weighted by Gasteiger charge is -2.20. The van der Waals surface area contributed by atoms with Crippen LogP contribution in [0.5, 0.6) is 0 Å². The third kappa shape index (κ3) is 0.488. The van der Waals surface area contributed by atoms with E-state index in [1.54, 1.807) is 0 Å². The minimum atomic E-state index is 0.749. The maximum atomic E-state index is 5.68. The van der Waals surface area contributed by atoms with E-state index in [4.69, 9.17) is 4.74 Å². The molecule has 6 atom stereocenters. The molecule has 3 aliphatic carbocycles. The highest BCUT2D eigenvalue weighted by molar-refractivity contribution is 5.14. The lowest BCUT2D eigenvalue weighted by Crippen LogP contribution is -2.22. The third-order valence-corrected chi connectivity index (χ3v) is 4.67. The van der Waals surface area contributed by atoms with Crippen LogP contribution in [0.4, 0.5) is 0 Å². The third-order valence-electron chi connectivity index (χ3n) is 4.67. The van der Waals surface area contributed by atoms with E-state index in [9.17, 15) is 0 Å². The van der Waals surface area contributed by atoms with Gasteiger partial charge in [-0.1, -0.05) is 6.42 Å². The van der Waals surface area contributed by atoms with Crippen LogP contribution in [0.25, 0.3) is 0 Å². The van der Waals surface area contributed by atoms with Gasteiger partial charge >= 0.3 is 0 Å². The fraction of sp³-hybridized carbons (Fsp3) is 1.00. The van der Waals surface area contributed by atoms with Crippen molar-refractivity contribution in [3.63, 3.8) is 0 Å². The highest BCUT2D eigenvalue weighted by atomic mass is 16.6. The molecule has 1 saturated heterocycles. The van der Waals surface area contributed by atoms with Crippen molar-refractivity contribution in [3.05, 3.63) is 0 Å². The molecule has 0 aromatic heterocycles. The summed E-state index contributed by atoms with van der Waals surface area (Å²) in [7, 11) is 0. The summed E-state index contributed by atoms with van der Waals surface area (Å²) < 4.78 is 5.68. The molecule has 2 bridgehead atoms. The molecule has 1 aliphatic heterocycles. The Morgan fingerprint density at radius 3 is 2.09 bits per heavy atom. The van der Waals surface area contributed by atoms with Gasteiger partial charge in [-0.15, -0.1) is 0 Å². The largest absolute Gasteiger partial charge is 0.369 e. The minimum absolute atomic E-state index is 0.749. The van der Waals surface area contributed by atoms with Crippen molar-refractivity contribution in [2.75, 3.05) is 0 Å². The van der Waals surface area contributed by atoms with E-state index in [1.807, 2.05) is 0 Å². The Morgan fingerprint density at radius 2 is 1.45 bits per heavy atom. The summed E-state index contributed by atoms with van der Waals surface area (Å²) >= 11 is 0. The zero-order valence-electron chi connectivity index (χ0n) is 6.70. The number of hydrogen-bond acceptors (Lipinski definition) is 1. The topological polar surface area (TPSA) is 12.5 Å². The molecule has 1 heteroatoms. The van der Waals surface area contributed by atoms with Crippen LogP contribution < -0.4 is 0 Å². The van der Waals surface area contributed by atoms with E-state index < -0.39 is 0 Å². The minimum Gasteiger partial charge on any atom is -0.369 e. The van der Waals surface area contributed by atoms with Crippen molar-refractivity contribution in [3.8, 4) is 0 Å². The van der Waals surface area contributed by atoms with E-state index >= 15 is 0 Å². The molecule has 0 radical (unpaired) electrons. The Labute approximate surface area is 67.1 Å². The van der Waals surface area contributed by atoms with Crippen LogP contribution in [0.2, 0.25) is 0 Å². The zero-order chi connectivity index (χ0) is 7.00. The normalized spacial score (nSPS) is 69.8. The van der Waals surface area contributed by atoms with Gasteiger partial charge in [0.25, 0.3) is 0 Å². The lowest BCUT2D eigenvalue weighted by atomic mass is 9.82. The van der Waals surface area contributed by atoms with Gasteiger partial charge < -0.3 is 4.74 Å². The van der Waals surface area contributed by atoms with Crippen molar-refractivity contribution >= 4 is 0 Å². The first-order valence-electron chi connectivity index (χ1n) is 5.10. The van der Waals surface area contributed by atoms with Gasteiger partial charge in [-0.05, 0) is 42.9 Å². The highest BCUT2D eigenvalue weighted by Gasteiger charge is 2.67. The fourth-order valence-corrected chi connectivity index (χ4v) is 4.33. The van der Waals surface area contributed by atoms with Gasteiger partial charge in [0.2, 0.25) is 0 Å². The van der Waals surface area contributed by atoms with Crippen LogP contribution in [0.3, 0.4) is 0 Å². The summed E-state index contributed by atoms with van der Waals surface area (Å²) in [5.74, 6) is 4.22. The zero-order valence-corrected chi connectivity index (χ0v) is 6.70. The number of epoxide rings is 1. The Kier molecular flexibility index (Phi) is 0.769.